The van der Waals surface area contributed by atoms with Crippen molar-refractivity contribution in [2.24, 2.45) is 0 Å². The molecule has 0 spiro atoms. The number of hydrogen-bond donors (Lipinski definition) is 1. The van der Waals surface area contributed by atoms with Crippen molar-refractivity contribution < 1.29 is 13.9 Å². The Labute approximate surface area is 166 Å². The van der Waals surface area contributed by atoms with E-state index in [9.17, 15) is 9.18 Å². The molecule has 1 amide bonds. The fourth-order valence-corrected chi connectivity index (χ4v) is 4.15. The third-order valence-corrected chi connectivity index (χ3v) is 5.64. The maximum atomic E-state index is 14.0. The van der Waals surface area contributed by atoms with E-state index >= 15 is 0 Å². The van der Waals surface area contributed by atoms with Crippen molar-refractivity contribution in [2.75, 3.05) is 37.0 Å². The van der Waals surface area contributed by atoms with Gasteiger partial charge in [-0.05, 0) is 30.3 Å². The smallest absolute Gasteiger partial charge is 0.257 e. The Hall–Kier alpha value is -2.80. The highest BCUT2D eigenvalue weighted by Gasteiger charge is 2.23. The number of carbonyl (C=O) groups excluding carboxylic acids is 1. The number of thioether (sulfide) groups is 1. The quantitative estimate of drug-likeness (QED) is 0.711. The van der Waals surface area contributed by atoms with E-state index in [0.29, 0.717) is 41.0 Å². The second-order valence-electron chi connectivity index (χ2n) is 6.47. The van der Waals surface area contributed by atoms with Gasteiger partial charge in [0, 0.05) is 47.9 Å². The molecule has 7 heteroatoms. The number of amides is 1. The summed E-state index contributed by atoms with van der Waals surface area (Å²) in [4.78, 5) is 19.4. The molecule has 1 fully saturated rings. The molecular weight excluding hydrogens is 377 g/mol. The molecule has 0 bridgehead atoms. The molecule has 1 aliphatic heterocycles. The number of carbonyl (C=O) groups is 1. The molecule has 2 aromatic carbocycles. The molecule has 5 nitrogen and oxygen atoms in total. The van der Waals surface area contributed by atoms with Gasteiger partial charge in [0.05, 0.1) is 23.9 Å². The summed E-state index contributed by atoms with van der Waals surface area (Å²) in [5.74, 6) is 2.06. The number of anilines is 2. The number of nitrogens with one attached hydrogen (secondary N) is 1. The van der Waals surface area contributed by atoms with Crippen molar-refractivity contribution in [3.63, 3.8) is 0 Å². The van der Waals surface area contributed by atoms with E-state index in [2.05, 4.69) is 10.3 Å². The zero-order valence-electron chi connectivity index (χ0n) is 15.4. The van der Waals surface area contributed by atoms with Gasteiger partial charge in [-0.3, -0.25) is 9.78 Å². The fraction of sp³-hybridized carbons (Fsp3) is 0.238. The molecule has 28 heavy (non-hydrogen) atoms. The zero-order chi connectivity index (χ0) is 19.5. The van der Waals surface area contributed by atoms with Crippen LogP contribution in [0.1, 0.15) is 10.4 Å². The average Bonchev–Trinajstić information content (AvgIpc) is 2.74. The van der Waals surface area contributed by atoms with Crippen LogP contribution in [-0.4, -0.2) is 47.5 Å². The fourth-order valence-electron chi connectivity index (χ4n) is 3.24. The largest absolute Gasteiger partial charge is 0.497 e. The van der Waals surface area contributed by atoms with E-state index in [4.69, 9.17) is 4.74 Å². The molecule has 1 N–H and O–H groups in total. The van der Waals surface area contributed by atoms with Gasteiger partial charge >= 0.3 is 0 Å². The molecule has 0 atom stereocenters. The first-order chi connectivity index (χ1) is 13.7. The highest BCUT2D eigenvalue weighted by Crippen LogP contribution is 2.32. The Morgan fingerprint density at radius 2 is 2.04 bits per heavy atom. The summed E-state index contributed by atoms with van der Waals surface area (Å²) in [6, 6.07) is 11.8. The van der Waals surface area contributed by atoms with Gasteiger partial charge in [-0.1, -0.05) is 6.07 Å². The summed E-state index contributed by atoms with van der Waals surface area (Å²) in [5, 5.41) is 3.87. The molecule has 144 valence electrons. The number of fused-ring (bicyclic) bond motifs is 1. The standard InChI is InChI=1S/C21H20FN3O2S/c1-27-16-4-2-3-15(12-16)24-20-17-11-14(22)5-6-19(17)23-13-18(20)21(26)25-7-9-28-10-8-25/h2-6,11-13H,7-10H2,1H3,(H,23,24). The third-order valence-electron chi connectivity index (χ3n) is 4.70. The number of aromatic nitrogens is 1. The third kappa shape index (κ3) is 3.75. The van der Waals surface area contributed by atoms with Gasteiger partial charge in [0.1, 0.15) is 11.6 Å². The van der Waals surface area contributed by atoms with Gasteiger partial charge in [0.25, 0.3) is 5.91 Å². The van der Waals surface area contributed by atoms with Gasteiger partial charge in [-0.15, -0.1) is 0 Å². The van der Waals surface area contributed by atoms with Crippen LogP contribution in [0.2, 0.25) is 0 Å². The molecule has 1 saturated heterocycles. The highest BCUT2D eigenvalue weighted by molar-refractivity contribution is 7.99. The minimum absolute atomic E-state index is 0.0932. The van der Waals surface area contributed by atoms with Gasteiger partial charge in [-0.25, -0.2) is 4.39 Å². The van der Waals surface area contributed by atoms with Gasteiger partial charge in [-0.2, -0.15) is 11.8 Å². The van der Waals surface area contributed by atoms with Crippen molar-refractivity contribution in [3.05, 3.63) is 60.0 Å². The van der Waals surface area contributed by atoms with Crippen molar-refractivity contribution in [3.8, 4) is 5.75 Å². The SMILES string of the molecule is COc1cccc(Nc2c(C(=O)N3CCSCC3)cnc3ccc(F)cc23)c1. The van der Waals surface area contributed by atoms with E-state index in [1.807, 2.05) is 40.9 Å². The summed E-state index contributed by atoms with van der Waals surface area (Å²) in [6.45, 7) is 1.40. The van der Waals surface area contributed by atoms with E-state index < -0.39 is 0 Å². The van der Waals surface area contributed by atoms with Crippen LogP contribution < -0.4 is 10.1 Å². The highest BCUT2D eigenvalue weighted by atomic mass is 32.2. The second kappa shape index (κ2) is 8.06. The van der Waals surface area contributed by atoms with Crippen LogP contribution in [0, 0.1) is 5.82 Å². The molecular formula is C21H20FN3O2S. The second-order valence-corrected chi connectivity index (χ2v) is 7.69. The lowest BCUT2D eigenvalue weighted by molar-refractivity contribution is 0.0773. The molecule has 1 aromatic heterocycles. The Kier molecular flexibility index (Phi) is 5.34. The van der Waals surface area contributed by atoms with Crippen molar-refractivity contribution in [1.29, 1.82) is 0 Å². The molecule has 1 aliphatic rings. The number of hydrogen-bond acceptors (Lipinski definition) is 5. The number of pyridine rings is 1. The van der Waals surface area contributed by atoms with Crippen LogP contribution in [0.25, 0.3) is 10.9 Å². The first-order valence-electron chi connectivity index (χ1n) is 9.02. The maximum absolute atomic E-state index is 14.0. The number of rotatable bonds is 4. The number of nitrogens with zero attached hydrogens (tertiary/aromatic N) is 2. The van der Waals surface area contributed by atoms with E-state index in [-0.39, 0.29) is 11.7 Å². The minimum atomic E-state index is -0.373. The molecule has 0 saturated carbocycles. The van der Waals surface area contributed by atoms with Crippen LogP contribution in [0.5, 0.6) is 5.75 Å². The van der Waals surface area contributed by atoms with Crippen LogP contribution in [0.4, 0.5) is 15.8 Å². The molecule has 0 radical (unpaired) electrons. The Balaban J connectivity index is 1.82. The topological polar surface area (TPSA) is 54.5 Å². The molecule has 0 aliphatic carbocycles. The number of methoxy groups -OCH3 is 1. The number of benzene rings is 2. The summed E-state index contributed by atoms with van der Waals surface area (Å²) in [6.07, 6.45) is 1.58. The minimum Gasteiger partial charge on any atom is -0.497 e. The van der Waals surface area contributed by atoms with Crippen LogP contribution in [-0.2, 0) is 0 Å². The van der Waals surface area contributed by atoms with Crippen molar-refractivity contribution in [2.45, 2.75) is 0 Å². The predicted molar refractivity (Wildman–Crippen MR) is 111 cm³/mol. The molecule has 2 heterocycles. The summed E-state index contributed by atoms with van der Waals surface area (Å²) in [7, 11) is 1.60. The van der Waals surface area contributed by atoms with Gasteiger partial charge in [0.15, 0.2) is 0 Å². The Morgan fingerprint density at radius 3 is 2.82 bits per heavy atom. The lowest BCUT2D eigenvalue weighted by Gasteiger charge is -2.27. The molecule has 0 unspecified atom stereocenters. The van der Waals surface area contributed by atoms with E-state index in [1.54, 1.807) is 19.4 Å². The Bertz CT molecular complexity index is 1020. The van der Waals surface area contributed by atoms with Crippen LogP contribution >= 0.6 is 11.8 Å². The summed E-state index contributed by atoms with van der Waals surface area (Å²) >= 11 is 1.84. The average molecular weight is 397 g/mol. The Morgan fingerprint density at radius 1 is 1.21 bits per heavy atom. The summed E-state index contributed by atoms with van der Waals surface area (Å²) < 4.78 is 19.3. The van der Waals surface area contributed by atoms with Crippen molar-refractivity contribution in [1.82, 2.24) is 9.88 Å². The number of halogens is 1. The van der Waals surface area contributed by atoms with Crippen molar-refractivity contribution >= 4 is 39.9 Å². The normalized spacial score (nSPS) is 14.1. The first-order valence-corrected chi connectivity index (χ1v) is 10.2. The van der Waals surface area contributed by atoms with E-state index in [1.165, 1.54) is 12.1 Å². The molecule has 4 rings (SSSR count). The van der Waals surface area contributed by atoms with Gasteiger partial charge in [0.2, 0.25) is 0 Å². The first kappa shape index (κ1) is 18.6. The molecule has 3 aromatic rings. The summed E-state index contributed by atoms with van der Waals surface area (Å²) in [5.41, 5.74) is 2.37. The number of ether oxygens (including phenoxy) is 1. The monoisotopic (exact) mass is 397 g/mol. The maximum Gasteiger partial charge on any atom is 0.257 e. The van der Waals surface area contributed by atoms with E-state index in [0.717, 1.165) is 17.2 Å². The zero-order valence-corrected chi connectivity index (χ0v) is 16.3. The lowest BCUT2D eigenvalue weighted by atomic mass is 10.1. The lowest BCUT2D eigenvalue weighted by Crippen LogP contribution is -2.38. The van der Waals surface area contributed by atoms with Gasteiger partial charge < -0.3 is 15.0 Å². The predicted octanol–water partition coefficient (Wildman–Crippen LogP) is 4.32. The van der Waals surface area contributed by atoms with Crippen LogP contribution in [0.15, 0.2) is 48.7 Å². The van der Waals surface area contributed by atoms with Crippen LogP contribution in [0.3, 0.4) is 0 Å².